The van der Waals surface area contributed by atoms with Crippen molar-refractivity contribution in [2.24, 2.45) is 0 Å². The third-order valence-electron chi connectivity index (χ3n) is 5.78. The second kappa shape index (κ2) is 12.8. The van der Waals surface area contributed by atoms with Crippen LogP contribution in [0.2, 0.25) is 0 Å². The number of nitrogens with one attached hydrogen (secondary N) is 1. The Morgan fingerprint density at radius 2 is 1.82 bits per heavy atom. The average Bonchev–Trinajstić information content (AvgIpc) is 3.59. The molecule has 0 bridgehead atoms. The minimum absolute atomic E-state index is 0.0933. The zero-order chi connectivity index (χ0) is 27.8. The number of nitrogens with zero attached hydrogens (tertiary/aromatic N) is 3. The molecular weight excluding hydrogens is 537 g/mol. The molecule has 13 heteroatoms. The van der Waals surface area contributed by atoms with Crippen molar-refractivity contribution in [3.8, 4) is 22.0 Å². The minimum Gasteiger partial charge on any atom is -0.475 e. The Bertz CT molecular complexity index is 1400. The van der Waals surface area contributed by atoms with E-state index in [2.05, 4.69) is 15.4 Å². The maximum absolute atomic E-state index is 12.7. The highest BCUT2D eigenvalue weighted by Crippen LogP contribution is 2.32. The lowest BCUT2D eigenvalue weighted by molar-refractivity contribution is -0.192. The average molecular weight is 563 g/mol. The van der Waals surface area contributed by atoms with Gasteiger partial charge < -0.3 is 19.7 Å². The Hall–Kier alpha value is -3.81. The van der Waals surface area contributed by atoms with Gasteiger partial charge in [0, 0.05) is 36.1 Å². The first-order chi connectivity index (χ1) is 18.7. The minimum atomic E-state index is -5.08. The number of hydrogen-bond acceptors (Lipinski definition) is 8. The summed E-state index contributed by atoms with van der Waals surface area (Å²) in [6.45, 7) is 5.11. The predicted molar refractivity (Wildman–Crippen MR) is 138 cm³/mol. The number of aliphatic carboxylic acids is 1. The van der Waals surface area contributed by atoms with Gasteiger partial charge in [-0.05, 0) is 31.2 Å². The molecule has 5 rings (SSSR count). The van der Waals surface area contributed by atoms with Gasteiger partial charge in [0.25, 0.3) is 5.91 Å². The molecule has 2 aromatic carbocycles. The lowest BCUT2D eigenvalue weighted by atomic mass is 10.1. The molecule has 3 heterocycles. The highest BCUT2D eigenvalue weighted by atomic mass is 32.1. The van der Waals surface area contributed by atoms with Crippen molar-refractivity contribution in [3.05, 3.63) is 59.5 Å². The second-order valence-electron chi connectivity index (χ2n) is 8.51. The fourth-order valence-corrected chi connectivity index (χ4v) is 4.60. The van der Waals surface area contributed by atoms with Gasteiger partial charge in [-0.3, -0.25) is 9.69 Å². The number of carboxylic acids is 1. The number of halogens is 3. The van der Waals surface area contributed by atoms with Crippen molar-refractivity contribution < 1.29 is 37.1 Å². The molecule has 0 spiro atoms. The van der Waals surface area contributed by atoms with Crippen molar-refractivity contribution in [3.63, 3.8) is 0 Å². The fourth-order valence-electron chi connectivity index (χ4n) is 3.79. The first-order valence-electron chi connectivity index (χ1n) is 12.0. The molecule has 0 unspecified atom stereocenters. The molecule has 2 N–H and O–H groups in total. The van der Waals surface area contributed by atoms with E-state index >= 15 is 0 Å². The molecule has 2 aromatic heterocycles. The van der Waals surface area contributed by atoms with E-state index in [1.54, 1.807) is 23.5 Å². The van der Waals surface area contributed by atoms with E-state index in [1.807, 2.05) is 41.8 Å². The molecular formula is C26H25F3N4O5S. The second-order valence-corrected chi connectivity index (χ2v) is 9.37. The van der Waals surface area contributed by atoms with Crippen LogP contribution < -0.4 is 5.32 Å². The summed E-state index contributed by atoms with van der Waals surface area (Å²) in [6, 6.07) is 15.4. The van der Waals surface area contributed by atoms with Gasteiger partial charge in [0.15, 0.2) is 5.58 Å². The highest BCUT2D eigenvalue weighted by Gasteiger charge is 2.38. The molecule has 9 nitrogen and oxygen atoms in total. The molecule has 1 saturated heterocycles. The van der Waals surface area contributed by atoms with E-state index in [4.69, 9.17) is 24.1 Å². The SMILES string of the molecule is O=C(NCCCN1CCOCC1)c1ccc2onc(-c3csc(-c4ccccc4)n3)c2c1.O=C(O)C(F)(F)F. The molecule has 206 valence electrons. The van der Waals surface area contributed by atoms with E-state index in [1.165, 1.54) is 0 Å². The Morgan fingerprint density at radius 3 is 2.51 bits per heavy atom. The zero-order valence-corrected chi connectivity index (χ0v) is 21.4. The van der Waals surface area contributed by atoms with Gasteiger partial charge >= 0.3 is 12.1 Å². The number of morpholine rings is 1. The summed E-state index contributed by atoms with van der Waals surface area (Å²) < 4.78 is 42.6. The van der Waals surface area contributed by atoms with E-state index in [-0.39, 0.29) is 5.91 Å². The number of amides is 1. The Kier molecular flexibility index (Phi) is 9.28. The number of benzene rings is 2. The van der Waals surface area contributed by atoms with Gasteiger partial charge in [-0.15, -0.1) is 11.3 Å². The van der Waals surface area contributed by atoms with Gasteiger partial charge in [0.2, 0.25) is 0 Å². The number of hydrogen-bond donors (Lipinski definition) is 2. The largest absolute Gasteiger partial charge is 0.490 e. The topological polar surface area (TPSA) is 118 Å². The first-order valence-corrected chi connectivity index (χ1v) is 12.9. The third kappa shape index (κ3) is 7.62. The molecule has 4 aromatic rings. The monoisotopic (exact) mass is 562 g/mol. The van der Waals surface area contributed by atoms with Crippen LogP contribution in [0.4, 0.5) is 13.2 Å². The zero-order valence-electron chi connectivity index (χ0n) is 20.6. The number of alkyl halides is 3. The Labute approximate surface area is 225 Å². The highest BCUT2D eigenvalue weighted by molar-refractivity contribution is 7.13. The summed E-state index contributed by atoms with van der Waals surface area (Å²) in [5.74, 6) is -2.85. The van der Waals surface area contributed by atoms with Crippen LogP contribution in [0.15, 0.2) is 58.4 Å². The van der Waals surface area contributed by atoms with Gasteiger partial charge in [-0.2, -0.15) is 13.2 Å². The predicted octanol–water partition coefficient (Wildman–Crippen LogP) is 4.70. The van der Waals surface area contributed by atoms with Crippen molar-refractivity contribution in [2.45, 2.75) is 12.6 Å². The molecule has 1 aliphatic heterocycles. The lowest BCUT2D eigenvalue weighted by Gasteiger charge is -2.26. The Morgan fingerprint density at radius 1 is 1.10 bits per heavy atom. The van der Waals surface area contributed by atoms with E-state index in [0.29, 0.717) is 23.4 Å². The number of thiazole rings is 1. The lowest BCUT2D eigenvalue weighted by Crippen LogP contribution is -2.38. The number of carboxylic acid groups (broad SMARTS) is 1. The molecule has 0 aliphatic carbocycles. The quantitative estimate of drug-likeness (QED) is 0.311. The van der Waals surface area contributed by atoms with E-state index in [9.17, 15) is 18.0 Å². The fraction of sp³-hybridized carbons (Fsp3) is 0.308. The van der Waals surface area contributed by atoms with Crippen LogP contribution in [0.1, 0.15) is 16.8 Å². The van der Waals surface area contributed by atoms with Crippen molar-refractivity contribution >= 4 is 34.2 Å². The van der Waals surface area contributed by atoms with Gasteiger partial charge in [-0.1, -0.05) is 35.5 Å². The maximum atomic E-state index is 12.7. The van der Waals surface area contributed by atoms with Crippen molar-refractivity contribution in [1.82, 2.24) is 20.4 Å². The summed E-state index contributed by atoms with van der Waals surface area (Å²) in [4.78, 5) is 28.7. The number of carbonyl (C=O) groups excluding carboxylic acids is 1. The van der Waals surface area contributed by atoms with Crippen molar-refractivity contribution in [1.29, 1.82) is 0 Å². The smallest absolute Gasteiger partial charge is 0.475 e. The van der Waals surface area contributed by atoms with Gasteiger partial charge in [0.05, 0.1) is 18.6 Å². The van der Waals surface area contributed by atoms with Crippen LogP contribution in [-0.2, 0) is 9.53 Å². The summed E-state index contributed by atoms with van der Waals surface area (Å²) in [5.41, 5.74) is 3.69. The molecule has 1 amide bonds. The van der Waals surface area contributed by atoms with Gasteiger partial charge in [0.1, 0.15) is 16.4 Å². The van der Waals surface area contributed by atoms with Crippen LogP contribution in [0.5, 0.6) is 0 Å². The number of carbonyl (C=O) groups is 2. The van der Waals surface area contributed by atoms with Crippen LogP contribution in [-0.4, -0.2) is 77.6 Å². The summed E-state index contributed by atoms with van der Waals surface area (Å²) in [7, 11) is 0. The molecule has 39 heavy (non-hydrogen) atoms. The number of ether oxygens (including phenoxy) is 1. The van der Waals surface area contributed by atoms with Crippen LogP contribution in [0.3, 0.4) is 0 Å². The van der Waals surface area contributed by atoms with Crippen LogP contribution in [0.25, 0.3) is 32.9 Å². The summed E-state index contributed by atoms with van der Waals surface area (Å²) >= 11 is 1.56. The van der Waals surface area contributed by atoms with Crippen molar-refractivity contribution in [2.75, 3.05) is 39.4 Å². The summed E-state index contributed by atoms with van der Waals surface area (Å²) in [6.07, 6.45) is -4.17. The molecule has 0 saturated carbocycles. The number of fused-ring (bicyclic) bond motifs is 1. The van der Waals surface area contributed by atoms with E-state index in [0.717, 1.165) is 60.9 Å². The first kappa shape index (κ1) is 28.2. The molecule has 1 fully saturated rings. The van der Waals surface area contributed by atoms with E-state index < -0.39 is 12.1 Å². The normalized spacial score (nSPS) is 14.0. The van der Waals surface area contributed by atoms with Crippen LogP contribution in [0, 0.1) is 0 Å². The third-order valence-corrected chi connectivity index (χ3v) is 6.67. The number of aromatic nitrogens is 2. The molecule has 0 radical (unpaired) electrons. The summed E-state index contributed by atoms with van der Waals surface area (Å²) in [5, 5.41) is 18.0. The maximum Gasteiger partial charge on any atom is 0.490 e. The molecule has 1 aliphatic rings. The standard InChI is InChI=1S/C24H24N4O3S.C2HF3O2/c29-23(25-9-4-10-28-11-13-30-14-12-28)18-7-8-21-19(15-18)22(27-31-21)20-16-32-24(26-20)17-5-2-1-3-6-17;3-2(4,5)1(6)7/h1-3,5-8,15-16H,4,9-14H2,(H,25,29);(H,6,7). The van der Waals surface area contributed by atoms with Crippen LogP contribution >= 0.6 is 11.3 Å². The Balaban J connectivity index is 0.000000448. The molecule has 0 atom stereocenters. The number of rotatable bonds is 7. The van der Waals surface area contributed by atoms with Gasteiger partial charge in [-0.25, -0.2) is 9.78 Å².